The summed E-state index contributed by atoms with van der Waals surface area (Å²) in [4.78, 5) is 24.7. The second-order valence-electron chi connectivity index (χ2n) is 8.58. The quantitative estimate of drug-likeness (QED) is 0.462. The summed E-state index contributed by atoms with van der Waals surface area (Å²) in [5, 5.41) is 25.3. The van der Waals surface area contributed by atoms with Crippen molar-refractivity contribution in [1.82, 2.24) is 9.88 Å². The van der Waals surface area contributed by atoms with Crippen LogP contribution in [0.3, 0.4) is 0 Å². The first-order valence-corrected chi connectivity index (χ1v) is 11.1. The van der Waals surface area contributed by atoms with Gasteiger partial charge in [-0.3, -0.25) is 9.88 Å². The molecule has 1 aliphatic heterocycles. The zero-order chi connectivity index (χ0) is 27.1. The lowest BCUT2D eigenvalue weighted by Gasteiger charge is -2.41. The number of phenols is 1. The van der Waals surface area contributed by atoms with Gasteiger partial charge in [0.2, 0.25) is 0 Å². The van der Waals surface area contributed by atoms with Gasteiger partial charge in [-0.1, -0.05) is 31.4 Å². The Morgan fingerprint density at radius 2 is 1.47 bits per heavy atom. The maximum Gasteiger partial charge on any atom is 0.490 e. The molecule has 2 unspecified atom stereocenters. The van der Waals surface area contributed by atoms with Crippen LogP contribution in [0.4, 0.5) is 26.3 Å². The molecule has 0 spiro atoms. The highest BCUT2D eigenvalue weighted by atomic mass is 19.4. The lowest BCUT2D eigenvalue weighted by atomic mass is 9.75. The standard InChI is InChI=1S/C19H24N2O.2C2HF3O2/c22-18-8-7-16(17-6-3-10-20-19(17)18)13-21-11-9-14-4-1-2-5-15(14)12-21;2*3-2(4,5)1(6)7/h3,6-8,10,14-15,22H,1-2,4-5,9,11-13H2;2*(H,6,7). The summed E-state index contributed by atoms with van der Waals surface area (Å²) < 4.78 is 63.5. The number of fused-ring (bicyclic) bond motifs is 2. The molecule has 0 radical (unpaired) electrons. The zero-order valence-electron chi connectivity index (χ0n) is 19.0. The van der Waals surface area contributed by atoms with Crippen LogP contribution in [0.2, 0.25) is 0 Å². The van der Waals surface area contributed by atoms with Gasteiger partial charge in [0.05, 0.1) is 0 Å². The molecule has 2 atom stereocenters. The molecule has 0 amide bonds. The van der Waals surface area contributed by atoms with Crippen LogP contribution in [0.1, 0.15) is 37.7 Å². The minimum absolute atomic E-state index is 0.283. The smallest absolute Gasteiger partial charge is 0.490 e. The Bertz CT molecular complexity index is 1020. The SMILES string of the molecule is O=C(O)C(F)(F)F.O=C(O)C(F)(F)F.Oc1ccc(CN2CCC3CCCCC3C2)c2cccnc12. The molecule has 2 aliphatic rings. The van der Waals surface area contributed by atoms with Crippen LogP contribution in [0, 0.1) is 11.8 Å². The van der Waals surface area contributed by atoms with Crippen LogP contribution in [-0.2, 0) is 16.1 Å². The summed E-state index contributed by atoms with van der Waals surface area (Å²) >= 11 is 0. The second-order valence-corrected chi connectivity index (χ2v) is 8.58. The first kappa shape index (κ1) is 29.1. The monoisotopic (exact) mass is 524 g/mol. The first-order valence-electron chi connectivity index (χ1n) is 11.1. The number of hydrogen-bond donors (Lipinski definition) is 3. The topological polar surface area (TPSA) is 111 Å². The van der Waals surface area contributed by atoms with Gasteiger partial charge < -0.3 is 15.3 Å². The van der Waals surface area contributed by atoms with Gasteiger partial charge in [0, 0.05) is 24.7 Å². The molecule has 1 aromatic carbocycles. The van der Waals surface area contributed by atoms with E-state index in [1.807, 2.05) is 6.07 Å². The van der Waals surface area contributed by atoms with Crippen LogP contribution in [0.25, 0.3) is 10.9 Å². The number of piperidine rings is 1. The van der Waals surface area contributed by atoms with E-state index < -0.39 is 24.3 Å². The van der Waals surface area contributed by atoms with E-state index in [0.29, 0.717) is 0 Å². The van der Waals surface area contributed by atoms with Gasteiger partial charge in [-0.25, -0.2) is 9.59 Å². The predicted molar refractivity (Wildman–Crippen MR) is 116 cm³/mol. The fourth-order valence-electron chi connectivity index (χ4n) is 4.42. The Hall–Kier alpha value is -3.09. The van der Waals surface area contributed by atoms with Crippen molar-refractivity contribution < 1.29 is 51.3 Å². The Labute approximate surface area is 202 Å². The molecule has 1 aromatic heterocycles. The number of nitrogens with zero attached hydrogens (tertiary/aromatic N) is 2. The van der Waals surface area contributed by atoms with Crippen molar-refractivity contribution in [2.75, 3.05) is 13.1 Å². The third-order valence-electron chi connectivity index (χ3n) is 6.09. The van der Waals surface area contributed by atoms with Crippen molar-refractivity contribution in [1.29, 1.82) is 0 Å². The number of aromatic hydroxyl groups is 1. The number of aliphatic carboxylic acids is 2. The highest BCUT2D eigenvalue weighted by molar-refractivity contribution is 5.87. The number of likely N-dealkylation sites (tertiary alicyclic amines) is 1. The number of rotatable bonds is 2. The van der Waals surface area contributed by atoms with Gasteiger partial charge >= 0.3 is 24.3 Å². The van der Waals surface area contributed by atoms with Crippen LogP contribution in [0.15, 0.2) is 30.5 Å². The van der Waals surface area contributed by atoms with E-state index in [2.05, 4.69) is 22.0 Å². The predicted octanol–water partition coefficient (Wildman–Crippen LogP) is 5.22. The Balaban J connectivity index is 0.000000271. The molecular weight excluding hydrogens is 498 g/mol. The largest absolute Gasteiger partial charge is 0.506 e. The number of benzene rings is 1. The molecule has 2 fully saturated rings. The Kier molecular flexibility index (Phi) is 9.91. The Morgan fingerprint density at radius 3 is 2.03 bits per heavy atom. The zero-order valence-corrected chi connectivity index (χ0v) is 19.0. The van der Waals surface area contributed by atoms with Crippen LogP contribution < -0.4 is 0 Å². The average molecular weight is 524 g/mol. The van der Waals surface area contributed by atoms with Crippen molar-refractivity contribution in [2.24, 2.45) is 11.8 Å². The molecule has 200 valence electrons. The van der Waals surface area contributed by atoms with Gasteiger partial charge in [-0.15, -0.1) is 0 Å². The lowest BCUT2D eigenvalue weighted by molar-refractivity contribution is -0.193. The van der Waals surface area contributed by atoms with E-state index in [4.69, 9.17) is 19.8 Å². The minimum Gasteiger partial charge on any atom is -0.506 e. The van der Waals surface area contributed by atoms with Gasteiger partial charge in [0.15, 0.2) is 0 Å². The second kappa shape index (κ2) is 12.2. The average Bonchev–Trinajstić information content (AvgIpc) is 2.80. The molecule has 1 aliphatic carbocycles. The molecule has 36 heavy (non-hydrogen) atoms. The van der Waals surface area contributed by atoms with E-state index in [1.165, 1.54) is 50.8 Å². The summed E-state index contributed by atoms with van der Waals surface area (Å²) in [6, 6.07) is 7.88. The van der Waals surface area contributed by atoms with E-state index >= 15 is 0 Å². The number of carboxylic acid groups (broad SMARTS) is 2. The highest BCUT2D eigenvalue weighted by Crippen LogP contribution is 2.37. The van der Waals surface area contributed by atoms with Gasteiger partial charge in [-0.2, -0.15) is 26.3 Å². The van der Waals surface area contributed by atoms with Crippen molar-refractivity contribution in [3.8, 4) is 5.75 Å². The molecule has 0 bridgehead atoms. The first-order chi connectivity index (χ1) is 16.7. The number of carboxylic acids is 2. The van der Waals surface area contributed by atoms with Crippen molar-refractivity contribution in [3.63, 3.8) is 0 Å². The maximum atomic E-state index is 10.6. The summed E-state index contributed by atoms with van der Waals surface area (Å²) in [5.41, 5.74) is 2.02. The lowest BCUT2D eigenvalue weighted by Crippen LogP contribution is -2.41. The maximum absolute atomic E-state index is 10.6. The molecule has 3 N–H and O–H groups in total. The highest BCUT2D eigenvalue weighted by Gasteiger charge is 2.39. The van der Waals surface area contributed by atoms with E-state index in [-0.39, 0.29) is 5.75 Å². The molecule has 2 aromatic rings. The van der Waals surface area contributed by atoms with Gasteiger partial charge in [0.25, 0.3) is 0 Å². The number of hydrogen-bond acceptors (Lipinski definition) is 5. The van der Waals surface area contributed by atoms with Crippen LogP contribution in [0.5, 0.6) is 5.75 Å². The minimum atomic E-state index is -5.08. The third kappa shape index (κ3) is 8.54. The summed E-state index contributed by atoms with van der Waals surface area (Å²) in [5.74, 6) is -3.35. The molecule has 13 heteroatoms. The van der Waals surface area contributed by atoms with Crippen LogP contribution >= 0.6 is 0 Å². The van der Waals surface area contributed by atoms with E-state index in [9.17, 15) is 31.4 Å². The Morgan fingerprint density at radius 1 is 0.917 bits per heavy atom. The fourth-order valence-corrected chi connectivity index (χ4v) is 4.42. The van der Waals surface area contributed by atoms with Gasteiger partial charge in [-0.05, 0) is 48.9 Å². The number of carbonyl (C=O) groups is 2. The van der Waals surface area contributed by atoms with Crippen molar-refractivity contribution in [2.45, 2.75) is 51.0 Å². The molecule has 1 saturated carbocycles. The molecule has 2 heterocycles. The van der Waals surface area contributed by atoms with Crippen LogP contribution in [-0.4, -0.2) is 62.6 Å². The molecule has 7 nitrogen and oxygen atoms in total. The number of phenolic OH excluding ortho intramolecular Hbond substituents is 1. The summed E-state index contributed by atoms with van der Waals surface area (Å²) in [6.07, 6.45) is -1.33. The van der Waals surface area contributed by atoms with Gasteiger partial charge in [0.1, 0.15) is 11.3 Å². The summed E-state index contributed by atoms with van der Waals surface area (Å²) in [6.45, 7) is 3.43. The van der Waals surface area contributed by atoms with E-state index in [1.54, 1.807) is 12.3 Å². The number of aromatic nitrogens is 1. The normalized spacial score (nSPS) is 20.3. The molecule has 4 rings (SSSR count). The number of pyridine rings is 1. The van der Waals surface area contributed by atoms with Crippen molar-refractivity contribution in [3.05, 3.63) is 36.0 Å². The molecule has 1 saturated heterocycles. The summed E-state index contributed by atoms with van der Waals surface area (Å²) in [7, 11) is 0. The fraction of sp³-hybridized carbons (Fsp3) is 0.522. The third-order valence-corrected chi connectivity index (χ3v) is 6.09. The molecular formula is C23H26F6N2O5. The number of halogens is 6. The van der Waals surface area contributed by atoms with E-state index in [0.717, 1.165) is 29.3 Å². The van der Waals surface area contributed by atoms with Crippen molar-refractivity contribution >= 4 is 22.8 Å². The number of alkyl halides is 6.